The highest BCUT2D eigenvalue weighted by Crippen LogP contribution is 2.32. The Balaban J connectivity index is 1.63. The molecule has 2 unspecified atom stereocenters. The molecule has 1 fully saturated rings. The number of nitrogens with zero attached hydrogens (tertiary/aromatic N) is 2. The fraction of sp³-hybridized carbons (Fsp3) is 0.269. The molecule has 11 heteroatoms. The normalized spacial score (nSPS) is 16.8. The first-order chi connectivity index (χ1) is 17.9. The summed E-state index contributed by atoms with van der Waals surface area (Å²) in [5.41, 5.74) is -0.399. The van der Waals surface area contributed by atoms with Crippen LogP contribution < -0.4 is 10.3 Å². The number of esters is 2. The van der Waals surface area contributed by atoms with Gasteiger partial charge in [0, 0.05) is 13.5 Å². The zero-order valence-electron chi connectivity index (χ0n) is 20.2. The van der Waals surface area contributed by atoms with E-state index in [1.54, 1.807) is 18.2 Å². The van der Waals surface area contributed by atoms with Gasteiger partial charge in [0.1, 0.15) is 12.4 Å². The van der Waals surface area contributed by atoms with E-state index in [1.807, 2.05) is 30.3 Å². The van der Waals surface area contributed by atoms with Crippen molar-refractivity contribution in [2.75, 3.05) is 20.8 Å². The van der Waals surface area contributed by atoms with Crippen molar-refractivity contribution in [1.82, 2.24) is 14.9 Å². The van der Waals surface area contributed by atoms with E-state index in [2.05, 4.69) is 9.97 Å². The summed E-state index contributed by atoms with van der Waals surface area (Å²) in [6.45, 7) is 0.225. The molecule has 37 heavy (non-hydrogen) atoms. The number of amides is 1. The van der Waals surface area contributed by atoms with Gasteiger partial charge in [-0.1, -0.05) is 48.5 Å². The van der Waals surface area contributed by atoms with Gasteiger partial charge in [-0.05, 0) is 17.7 Å². The summed E-state index contributed by atoms with van der Waals surface area (Å²) in [6, 6.07) is 16.4. The predicted molar refractivity (Wildman–Crippen MR) is 129 cm³/mol. The molecular weight excluding hydrogens is 482 g/mol. The summed E-state index contributed by atoms with van der Waals surface area (Å²) in [5, 5.41) is 0. The largest absolute Gasteiger partial charge is 0.464 e. The second-order valence-electron chi connectivity index (χ2n) is 8.18. The van der Waals surface area contributed by atoms with Crippen LogP contribution in [-0.2, 0) is 20.8 Å². The Labute approximate surface area is 211 Å². The minimum Gasteiger partial charge on any atom is -0.464 e. The quantitative estimate of drug-likeness (QED) is 0.479. The number of likely N-dealkylation sites (tertiary alicyclic amines) is 1. The summed E-state index contributed by atoms with van der Waals surface area (Å²) in [5.74, 6) is -2.44. The van der Waals surface area contributed by atoms with Crippen LogP contribution in [0.5, 0.6) is 5.75 Å². The monoisotopic (exact) mass is 507 g/mol. The summed E-state index contributed by atoms with van der Waals surface area (Å²) in [7, 11) is 2.61. The maximum atomic E-state index is 13.0. The summed E-state index contributed by atoms with van der Waals surface area (Å²) >= 11 is 0. The van der Waals surface area contributed by atoms with Crippen molar-refractivity contribution in [3.63, 3.8) is 0 Å². The van der Waals surface area contributed by atoms with Crippen LogP contribution in [0.1, 0.15) is 44.7 Å². The molecule has 3 aromatic rings. The van der Waals surface area contributed by atoms with Crippen LogP contribution in [0, 0.1) is 0 Å². The van der Waals surface area contributed by atoms with Gasteiger partial charge in [0.2, 0.25) is 5.75 Å². The van der Waals surface area contributed by atoms with E-state index in [0.29, 0.717) is 0 Å². The molecule has 4 rings (SSSR count). The molecule has 0 radical (unpaired) electrons. The predicted octanol–water partition coefficient (Wildman–Crippen LogP) is 2.87. The van der Waals surface area contributed by atoms with Gasteiger partial charge in [-0.25, -0.2) is 19.4 Å². The van der Waals surface area contributed by atoms with Crippen molar-refractivity contribution in [1.29, 1.82) is 0 Å². The van der Waals surface area contributed by atoms with E-state index in [4.69, 9.17) is 18.9 Å². The molecule has 0 bridgehead atoms. The molecule has 1 saturated heterocycles. The van der Waals surface area contributed by atoms with E-state index >= 15 is 0 Å². The van der Waals surface area contributed by atoms with Crippen LogP contribution in [0.3, 0.4) is 0 Å². The van der Waals surface area contributed by atoms with Gasteiger partial charge in [-0.15, -0.1) is 0 Å². The fourth-order valence-electron chi connectivity index (χ4n) is 3.92. The number of nitrogens with one attached hydrogen (secondary N) is 1. The van der Waals surface area contributed by atoms with E-state index in [1.165, 1.54) is 24.1 Å². The maximum absolute atomic E-state index is 13.0. The Morgan fingerprint density at radius 3 is 2.32 bits per heavy atom. The highest BCUT2D eigenvalue weighted by molar-refractivity contribution is 5.94. The Bertz CT molecular complexity index is 1330. The molecule has 0 saturated carbocycles. The molecule has 1 aliphatic rings. The second-order valence-corrected chi connectivity index (χ2v) is 8.18. The van der Waals surface area contributed by atoms with Crippen LogP contribution in [0.15, 0.2) is 65.5 Å². The van der Waals surface area contributed by atoms with Crippen molar-refractivity contribution in [3.05, 3.63) is 93.7 Å². The molecule has 0 spiro atoms. The number of benzene rings is 2. The number of methoxy groups -OCH3 is 2. The first-order valence-electron chi connectivity index (χ1n) is 11.4. The van der Waals surface area contributed by atoms with Gasteiger partial charge in [0.15, 0.2) is 5.69 Å². The van der Waals surface area contributed by atoms with Crippen molar-refractivity contribution in [2.45, 2.75) is 25.2 Å². The Hall–Kier alpha value is -4.51. The molecule has 1 amide bonds. The minimum absolute atomic E-state index is 0.00104. The van der Waals surface area contributed by atoms with E-state index in [0.717, 1.165) is 12.7 Å². The molecule has 1 N–H and O–H groups in total. The lowest BCUT2D eigenvalue weighted by atomic mass is 10.1. The number of carbonyl (C=O) groups is 3. The molecule has 11 nitrogen and oxygen atoms in total. The molecule has 1 aliphatic heterocycles. The average molecular weight is 507 g/mol. The van der Waals surface area contributed by atoms with Crippen LogP contribution in [-0.4, -0.2) is 59.8 Å². The fourth-order valence-corrected chi connectivity index (χ4v) is 3.92. The number of ether oxygens (including phenoxy) is 4. The minimum atomic E-state index is -0.984. The maximum Gasteiger partial charge on any atom is 0.410 e. The molecule has 2 atom stereocenters. The third-order valence-corrected chi connectivity index (χ3v) is 5.83. The Morgan fingerprint density at radius 1 is 1.00 bits per heavy atom. The van der Waals surface area contributed by atoms with Crippen molar-refractivity contribution >= 4 is 18.0 Å². The zero-order valence-corrected chi connectivity index (χ0v) is 20.2. The molecular formula is C26H25N3O8. The molecule has 2 aromatic carbocycles. The summed E-state index contributed by atoms with van der Waals surface area (Å²) in [6.07, 6.45) is -0.726. The van der Waals surface area contributed by atoms with Crippen molar-refractivity contribution in [3.8, 4) is 5.75 Å². The number of hydrogen-bond donors (Lipinski definition) is 1. The SMILES string of the molecule is COC(=O)c1nc(C2CC(OC)CN2C(=O)OCc2ccccc2)[nH]c(=O)c1OC(=O)c1ccccc1. The number of aromatic nitrogens is 2. The second kappa shape index (κ2) is 11.5. The van der Waals surface area contributed by atoms with Crippen LogP contribution in [0.25, 0.3) is 0 Å². The van der Waals surface area contributed by atoms with Crippen LogP contribution in [0.2, 0.25) is 0 Å². The Kier molecular flexibility index (Phi) is 7.94. The van der Waals surface area contributed by atoms with E-state index in [-0.39, 0.29) is 37.1 Å². The van der Waals surface area contributed by atoms with Gasteiger partial charge < -0.3 is 23.9 Å². The van der Waals surface area contributed by atoms with Gasteiger partial charge in [-0.2, -0.15) is 0 Å². The first-order valence-corrected chi connectivity index (χ1v) is 11.4. The van der Waals surface area contributed by atoms with Gasteiger partial charge in [0.25, 0.3) is 5.56 Å². The molecule has 1 aromatic heterocycles. The van der Waals surface area contributed by atoms with E-state index in [9.17, 15) is 19.2 Å². The lowest BCUT2D eigenvalue weighted by Crippen LogP contribution is -2.34. The summed E-state index contributed by atoms with van der Waals surface area (Å²) < 4.78 is 20.9. The first kappa shape index (κ1) is 25.6. The topological polar surface area (TPSA) is 137 Å². The zero-order chi connectivity index (χ0) is 26.4. The third-order valence-electron chi connectivity index (χ3n) is 5.83. The lowest BCUT2D eigenvalue weighted by Gasteiger charge is -2.23. The van der Waals surface area contributed by atoms with Gasteiger partial charge >= 0.3 is 18.0 Å². The Morgan fingerprint density at radius 2 is 1.68 bits per heavy atom. The lowest BCUT2D eigenvalue weighted by molar-refractivity contribution is 0.0583. The number of carbonyl (C=O) groups excluding carboxylic acids is 3. The number of aromatic amines is 1. The molecule has 192 valence electrons. The van der Waals surface area contributed by atoms with Crippen LogP contribution in [0.4, 0.5) is 4.79 Å². The van der Waals surface area contributed by atoms with Crippen molar-refractivity contribution in [2.24, 2.45) is 0 Å². The van der Waals surface area contributed by atoms with Crippen LogP contribution >= 0.6 is 0 Å². The number of H-pyrrole nitrogens is 1. The standard InChI is InChI=1S/C26H25N3O8/c1-34-18-13-19(29(14-18)26(33)36-15-16-9-5-3-6-10-16)22-27-20(25(32)35-2)21(23(30)28-22)37-24(31)17-11-7-4-8-12-17/h3-12,18-19H,13-15H2,1-2H3,(H,27,28,30). The van der Waals surface area contributed by atoms with E-state index < -0.39 is 41.1 Å². The molecule has 0 aliphatic carbocycles. The van der Waals surface area contributed by atoms with Gasteiger partial charge in [0.05, 0.1) is 31.4 Å². The summed E-state index contributed by atoms with van der Waals surface area (Å²) in [4.78, 5) is 59.2. The number of rotatable bonds is 7. The smallest absolute Gasteiger partial charge is 0.410 e. The van der Waals surface area contributed by atoms with Gasteiger partial charge in [-0.3, -0.25) is 9.69 Å². The highest BCUT2D eigenvalue weighted by atomic mass is 16.6. The highest BCUT2D eigenvalue weighted by Gasteiger charge is 2.40. The number of hydrogen-bond acceptors (Lipinski definition) is 9. The van der Waals surface area contributed by atoms with Crippen molar-refractivity contribution < 1.29 is 33.3 Å². The third kappa shape index (κ3) is 5.84. The molecule has 2 heterocycles. The average Bonchev–Trinajstić information content (AvgIpc) is 3.38.